The molecule has 1 amide bonds. The van der Waals surface area contributed by atoms with E-state index in [-0.39, 0.29) is 23.5 Å². The van der Waals surface area contributed by atoms with Gasteiger partial charge in [0.2, 0.25) is 0 Å². The Hall–Kier alpha value is -2.10. The molecule has 0 aromatic heterocycles. The van der Waals surface area contributed by atoms with Gasteiger partial charge in [-0.2, -0.15) is 0 Å². The normalized spacial score (nSPS) is 23.0. The first-order valence-corrected chi connectivity index (χ1v) is 7.88. The molecule has 1 aromatic rings. The number of hydrogen-bond acceptors (Lipinski definition) is 3. The molecule has 1 saturated carbocycles. The maximum absolute atomic E-state index is 12.6. The minimum Gasteiger partial charge on any atom is -0.508 e. The third kappa shape index (κ3) is 2.78. The van der Waals surface area contributed by atoms with Crippen LogP contribution >= 0.6 is 0 Å². The molecular formula is C18H21NO3. The third-order valence-electron chi connectivity index (χ3n) is 4.67. The highest BCUT2D eigenvalue weighted by Crippen LogP contribution is 2.32. The van der Waals surface area contributed by atoms with Gasteiger partial charge in [-0.25, -0.2) is 0 Å². The average Bonchev–Trinajstić information content (AvgIpc) is 2.82. The lowest BCUT2D eigenvalue weighted by molar-refractivity contribution is -0.119. The van der Waals surface area contributed by atoms with E-state index in [1.807, 2.05) is 4.90 Å². The lowest BCUT2D eigenvalue weighted by atomic mass is 9.98. The summed E-state index contributed by atoms with van der Waals surface area (Å²) >= 11 is 0. The van der Waals surface area contributed by atoms with E-state index in [0.29, 0.717) is 31.4 Å². The number of aromatic hydroxyl groups is 1. The van der Waals surface area contributed by atoms with E-state index in [2.05, 4.69) is 6.58 Å². The van der Waals surface area contributed by atoms with Crippen LogP contribution in [0.2, 0.25) is 0 Å². The SMILES string of the molecule is C=C1CCCCC(=O)CCC1N1Cc2cc(O)ccc2C1=O. The van der Waals surface area contributed by atoms with Crippen LogP contribution in [0.4, 0.5) is 0 Å². The van der Waals surface area contributed by atoms with Gasteiger partial charge >= 0.3 is 0 Å². The Labute approximate surface area is 130 Å². The first-order chi connectivity index (χ1) is 10.6. The highest BCUT2D eigenvalue weighted by molar-refractivity contribution is 5.99. The van der Waals surface area contributed by atoms with E-state index < -0.39 is 0 Å². The summed E-state index contributed by atoms with van der Waals surface area (Å²) in [5.74, 6) is 0.436. The quantitative estimate of drug-likeness (QED) is 0.810. The van der Waals surface area contributed by atoms with Crippen LogP contribution in [0.3, 0.4) is 0 Å². The molecule has 1 N–H and O–H groups in total. The minimum atomic E-state index is -0.0795. The molecule has 1 aliphatic carbocycles. The number of hydrogen-bond donors (Lipinski definition) is 1. The van der Waals surface area contributed by atoms with E-state index in [1.165, 1.54) is 0 Å². The van der Waals surface area contributed by atoms with Crippen LogP contribution in [-0.2, 0) is 11.3 Å². The molecule has 1 aliphatic heterocycles. The van der Waals surface area contributed by atoms with Crippen molar-refractivity contribution < 1.29 is 14.7 Å². The molecule has 4 nitrogen and oxygen atoms in total. The number of carbonyl (C=O) groups is 2. The zero-order valence-electron chi connectivity index (χ0n) is 12.7. The Kier molecular flexibility index (Phi) is 4.01. The summed E-state index contributed by atoms with van der Waals surface area (Å²) in [6.07, 6.45) is 4.53. The van der Waals surface area contributed by atoms with Crippen molar-refractivity contribution in [3.05, 3.63) is 41.5 Å². The molecule has 1 aromatic carbocycles. The van der Waals surface area contributed by atoms with Crippen molar-refractivity contribution in [1.29, 1.82) is 0 Å². The second-order valence-corrected chi connectivity index (χ2v) is 6.23. The third-order valence-corrected chi connectivity index (χ3v) is 4.67. The predicted molar refractivity (Wildman–Crippen MR) is 83.6 cm³/mol. The zero-order valence-corrected chi connectivity index (χ0v) is 12.7. The monoisotopic (exact) mass is 299 g/mol. The van der Waals surface area contributed by atoms with Crippen molar-refractivity contribution in [3.63, 3.8) is 0 Å². The smallest absolute Gasteiger partial charge is 0.255 e. The lowest BCUT2D eigenvalue weighted by Gasteiger charge is -2.29. The maximum atomic E-state index is 12.6. The van der Waals surface area contributed by atoms with Crippen molar-refractivity contribution >= 4 is 11.7 Å². The molecule has 1 heterocycles. The van der Waals surface area contributed by atoms with Gasteiger partial charge in [-0.15, -0.1) is 0 Å². The van der Waals surface area contributed by atoms with Gasteiger partial charge in [-0.05, 0) is 49.4 Å². The van der Waals surface area contributed by atoms with E-state index in [1.54, 1.807) is 18.2 Å². The van der Waals surface area contributed by atoms with Gasteiger partial charge in [-0.1, -0.05) is 12.2 Å². The van der Waals surface area contributed by atoms with E-state index in [9.17, 15) is 14.7 Å². The summed E-state index contributed by atoms with van der Waals surface area (Å²) in [4.78, 5) is 26.3. The fourth-order valence-corrected chi connectivity index (χ4v) is 3.43. The van der Waals surface area contributed by atoms with Crippen molar-refractivity contribution in [2.24, 2.45) is 0 Å². The second-order valence-electron chi connectivity index (χ2n) is 6.23. The van der Waals surface area contributed by atoms with Gasteiger partial charge in [-0.3, -0.25) is 9.59 Å². The van der Waals surface area contributed by atoms with Crippen molar-refractivity contribution in [1.82, 2.24) is 4.90 Å². The summed E-state index contributed by atoms with van der Waals surface area (Å²) in [5.41, 5.74) is 2.54. The fourth-order valence-electron chi connectivity index (χ4n) is 3.43. The van der Waals surface area contributed by atoms with Gasteiger partial charge in [0.1, 0.15) is 11.5 Å². The van der Waals surface area contributed by atoms with E-state index in [0.717, 1.165) is 30.4 Å². The summed E-state index contributed by atoms with van der Waals surface area (Å²) < 4.78 is 0. The maximum Gasteiger partial charge on any atom is 0.255 e. The Bertz CT molecular complexity index is 635. The summed E-state index contributed by atoms with van der Waals surface area (Å²) in [5, 5.41) is 9.59. The number of nitrogens with zero attached hydrogens (tertiary/aromatic N) is 1. The molecule has 4 heteroatoms. The predicted octanol–water partition coefficient (Wildman–Crippen LogP) is 3.20. The Morgan fingerprint density at radius 1 is 1.14 bits per heavy atom. The van der Waals surface area contributed by atoms with E-state index >= 15 is 0 Å². The molecule has 0 spiro atoms. The molecule has 116 valence electrons. The van der Waals surface area contributed by atoms with Gasteiger partial charge in [0.25, 0.3) is 5.91 Å². The lowest BCUT2D eigenvalue weighted by Crippen LogP contribution is -2.37. The van der Waals surface area contributed by atoms with Gasteiger partial charge in [0.05, 0.1) is 6.04 Å². The Morgan fingerprint density at radius 3 is 2.73 bits per heavy atom. The Morgan fingerprint density at radius 2 is 1.91 bits per heavy atom. The number of fused-ring (bicyclic) bond motifs is 1. The fraction of sp³-hybridized carbons (Fsp3) is 0.444. The molecule has 0 saturated heterocycles. The van der Waals surface area contributed by atoms with Crippen molar-refractivity contribution in [2.75, 3.05) is 0 Å². The molecule has 22 heavy (non-hydrogen) atoms. The van der Waals surface area contributed by atoms with E-state index in [4.69, 9.17) is 0 Å². The highest BCUT2D eigenvalue weighted by atomic mass is 16.3. The van der Waals surface area contributed by atoms with Crippen molar-refractivity contribution in [3.8, 4) is 5.75 Å². The van der Waals surface area contributed by atoms with Crippen LogP contribution in [0.15, 0.2) is 30.4 Å². The number of phenols is 1. The molecule has 1 unspecified atom stereocenters. The first-order valence-electron chi connectivity index (χ1n) is 7.88. The summed E-state index contributed by atoms with van der Waals surface area (Å²) in [7, 11) is 0. The van der Waals surface area contributed by atoms with Crippen LogP contribution in [0, 0.1) is 0 Å². The van der Waals surface area contributed by atoms with Crippen LogP contribution in [-0.4, -0.2) is 27.7 Å². The first kappa shape index (κ1) is 14.8. The number of benzene rings is 1. The topological polar surface area (TPSA) is 57.6 Å². The number of amides is 1. The largest absolute Gasteiger partial charge is 0.508 e. The second kappa shape index (κ2) is 5.95. The Balaban J connectivity index is 1.84. The number of carbonyl (C=O) groups excluding carboxylic acids is 2. The molecule has 2 aliphatic rings. The standard InChI is InChI=1S/C18H21NO3/c1-12-4-2-3-5-14(20)7-9-17(12)19-11-13-10-15(21)6-8-16(13)18(19)22/h6,8,10,17,21H,1-5,7,9,11H2. The molecule has 0 bridgehead atoms. The molecule has 1 atom stereocenters. The molecule has 3 rings (SSSR count). The number of ketones is 1. The molecule has 0 radical (unpaired) electrons. The van der Waals surface area contributed by atoms with Crippen LogP contribution in [0.5, 0.6) is 5.75 Å². The molecule has 1 fully saturated rings. The minimum absolute atomic E-state index is 0.0205. The van der Waals surface area contributed by atoms with Gasteiger partial charge in [0, 0.05) is 24.9 Å². The van der Waals surface area contributed by atoms with Crippen LogP contribution < -0.4 is 0 Å². The highest BCUT2D eigenvalue weighted by Gasteiger charge is 2.34. The van der Waals surface area contributed by atoms with Crippen LogP contribution in [0.25, 0.3) is 0 Å². The summed E-state index contributed by atoms with van der Waals surface area (Å²) in [6, 6.07) is 4.79. The zero-order chi connectivity index (χ0) is 15.7. The average molecular weight is 299 g/mol. The number of rotatable bonds is 1. The number of phenolic OH excluding ortho intramolecular Hbond substituents is 1. The van der Waals surface area contributed by atoms with Gasteiger partial charge in [0.15, 0.2) is 0 Å². The number of Topliss-reactive ketones (excluding diaryl/α,β-unsaturated/α-hetero) is 1. The summed E-state index contributed by atoms with van der Waals surface area (Å²) in [6.45, 7) is 4.66. The van der Waals surface area contributed by atoms with Gasteiger partial charge < -0.3 is 10.0 Å². The molecular weight excluding hydrogens is 278 g/mol. The van der Waals surface area contributed by atoms with Crippen LogP contribution in [0.1, 0.15) is 54.4 Å². The van der Waals surface area contributed by atoms with Crippen molar-refractivity contribution in [2.45, 2.75) is 51.1 Å².